The van der Waals surface area contributed by atoms with Gasteiger partial charge in [-0.1, -0.05) is 48.5 Å². The molecule has 1 aliphatic rings. The second kappa shape index (κ2) is 6.83. The van der Waals surface area contributed by atoms with Crippen molar-refractivity contribution in [3.05, 3.63) is 71.5 Å². The first kappa shape index (κ1) is 14.2. The van der Waals surface area contributed by atoms with Gasteiger partial charge in [-0.15, -0.1) is 0 Å². The quantitative estimate of drug-likeness (QED) is 0.800. The number of nitrogens with one attached hydrogen (secondary N) is 2. The first-order valence-corrected chi connectivity index (χ1v) is 7.76. The molecule has 3 rings (SSSR count). The van der Waals surface area contributed by atoms with Crippen molar-refractivity contribution in [3.63, 3.8) is 0 Å². The molecule has 2 N–H and O–H groups in total. The predicted octanol–water partition coefficient (Wildman–Crippen LogP) is 0.309. The summed E-state index contributed by atoms with van der Waals surface area (Å²) in [5, 5.41) is 0. The first-order chi connectivity index (χ1) is 10.3. The fraction of sp³-hybridized carbons (Fsp3) is 0.333. The molecule has 1 fully saturated rings. The normalized spacial score (nSPS) is 22.1. The van der Waals surface area contributed by atoms with Crippen LogP contribution in [-0.4, -0.2) is 26.2 Å². The Bertz CT molecular complexity index is 562. The van der Waals surface area contributed by atoms with E-state index in [9.17, 15) is 4.39 Å². The summed E-state index contributed by atoms with van der Waals surface area (Å²) in [6, 6.07) is 17.8. The Labute approximate surface area is 125 Å². The number of benzene rings is 2. The van der Waals surface area contributed by atoms with Crippen molar-refractivity contribution in [3.8, 4) is 0 Å². The maximum Gasteiger partial charge on any atom is 0.132 e. The van der Waals surface area contributed by atoms with Gasteiger partial charge < -0.3 is 9.80 Å². The number of piperazine rings is 1. The van der Waals surface area contributed by atoms with E-state index in [0.29, 0.717) is 0 Å². The molecule has 21 heavy (non-hydrogen) atoms. The van der Waals surface area contributed by atoms with E-state index < -0.39 is 0 Å². The molecule has 1 heterocycles. The van der Waals surface area contributed by atoms with Gasteiger partial charge in [0.05, 0.1) is 0 Å². The van der Waals surface area contributed by atoms with Crippen molar-refractivity contribution >= 4 is 0 Å². The number of halogens is 1. The lowest BCUT2D eigenvalue weighted by Crippen LogP contribution is -3.27. The topological polar surface area (TPSA) is 8.88 Å². The molecule has 0 aromatic heterocycles. The molecule has 3 heteroatoms. The van der Waals surface area contributed by atoms with Crippen LogP contribution in [0.5, 0.6) is 0 Å². The van der Waals surface area contributed by atoms with E-state index in [0.717, 1.165) is 31.7 Å². The Morgan fingerprint density at radius 3 is 1.95 bits per heavy atom. The molecule has 0 aliphatic carbocycles. The standard InChI is InChI=1S/C18H21FN2/c19-18-9-5-4-8-17(18)15-21-12-10-20(11-13-21)14-16-6-2-1-3-7-16/h1-9H,10-15H2/p+2. The van der Waals surface area contributed by atoms with Crippen molar-refractivity contribution < 1.29 is 14.2 Å². The van der Waals surface area contributed by atoms with Crippen LogP contribution in [0.15, 0.2) is 54.6 Å². The van der Waals surface area contributed by atoms with E-state index in [-0.39, 0.29) is 5.82 Å². The van der Waals surface area contributed by atoms with Gasteiger partial charge in [0, 0.05) is 11.1 Å². The second-order valence-corrected chi connectivity index (χ2v) is 5.93. The van der Waals surface area contributed by atoms with Gasteiger partial charge in [0.2, 0.25) is 0 Å². The van der Waals surface area contributed by atoms with Crippen LogP contribution in [-0.2, 0) is 13.1 Å². The average Bonchev–Trinajstić information content (AvgIpc) is 2.52. The van der Waals surface area contributed by atoms with E-state index in [1.165, 1.54) is 23.6 Å². The first-order valence-electron chi connectivity index (χ1n) is 7.76. The van der Waals surface area contributed by atoms with Crippen molar-refractivity contribution in [2.75, 3.05) is 26.2 Å². The molecule has 0 radical (unpaired) electrons. The fourth-order valence-electron chi connectivity index (χ4n) is 3.11. The molecular formula is C18H23FN2+2. The largest absolute Gasteiger partial charge is 0.322 e. The highest BCUT2D eigenvalue weighted by Crippen LogP contribution is 2.04. The van der Waals surface area contributed by atoms with Crippen LogP contribution in [0.4, 0.5) is 4.39 Å². The van der Waals surface area contributed by atoms with E-state index in [1.54, 1.807) is 17.0 Å². The molecule has 1 saturated heterocycles. The van der Waals surface area contributed by atoms with Crippen LogP contribution in [0.2, 0.25) is 0 Å². The second-order valence-electron chi connectivity index (χ2n) is 5.93. The third kappa shape index (κ3) is 3.90. The lowest BCUT2D eigenvalue weighted by molar-refractivity contribution is -1.02. The van der Waals surface area contributed by atoms with Gasteiger partial charge in [0.25, 0.3) is 0 Å². The number of quaternary nitrogens is 2. The molecule has 0 atom stereocenters. The highest BCUT2D eigenvalue weighted by atomic mass is 19.1. The lowest BCUT2D eigenvalue weighted by atomic mass is 10.1. The van der Waals surface area contributed by atoms with E-state index in [2.05, 4.69) is 30.3 Å². The van der Waals surface area contributed by atoms with Crippen LogP contribution in [0.3, 0.4) is 0 Å². The van der Waals surface area contributed by atoms with Crippen LogP contribution in [0.1, 0.15) is 11.1 Å². The predicted molar refractivity (Wildman–Crippen MR) is 81.6 cm³/mol. The average molecular weight is 286 g/mol. The van der Waals surface area contributed by atoms with Crippen LogP contribution >= 0.6 is 0 Å². The van der Waals surface area contributed by atoms with Gasteiger partial charge in [-0.2, -0.15) is 0 Å². The zero-order chi connectivity index (χ0) is 14.5. The molecule has 2 nitrogen and oxygen atoms in total. The Morgan fingerprint density at radius 2 is 1.29 bits per heavy atom. The summed E-state index contributed by atoms with van der Waals surface area (Å²) in [6.07, 6.45) is 0. The third-order valence-electron chi connectivity index (χ3n) is 4.36. The minimum absolute atomic E-state index is 0.0657. The molecule has 0 amide bonds. The summed E-state index contributed by atoms with van der Waals surface area (Å²) >= 11 is 0. The number of rotatable bonds is 4. The van der Waals surface area contributed by atoms with Gasteiger partial charge in [-0.05, 0) is 6.07 Å². The van der Waals surface area contributed by atoms with Crippen molar-refractivity contribution in [1.82, 2.24) is 0 Å². The van der Waals surface area contributed by atoms with E-state index in [1.807, 2.05) is 12.1 Å². The van der Waals surface area contributed by atoms with Crippen molar-refractivity contribution in [2.45, 2.75) is 13.1 Å². The Kier molecular flexibility index (Phi) is 4.63. The molecule has 0 unspecified atom stereocenters. The van der Waals surface area contributed by atoms with Crippen LogP contribution in [0.25, 0.3) is 0 Å². The van der Waals surface area contributed by atoms with E-state index >= 15 is 0 Å². The summed E-state index contributed by atoms with van der Waals surface area (Å²) in [7, 11) is 0. The summed E-state index contributed by atoms with van der Waals surface area (Å²) in [5.41, 5.74) is 2.25. The number of hydrogen-bond acceptors (Lipinski definition) is 0. The van der Waals surface area contributed by atoms with Crippen molar-refractivity contribution in [2.24, 2.45) is 0 Å². The molecule has 0 bridgehead atoms. The maximum atomic E-state index is 13.7. The van der Waals surface area contributed by atoms with Gasteiger partial charge in [0.1, 0.15) is 45.1 Å². The molecule has 110 valence electrons. The third-order valence-corrected chi connectivity index (χ3v) is 4.36. The monoisotopic (exact) mass is 286 g/mol. The zero-order valence-electron chi connectivity index (χ0n) is 12.3. The zero-order valence-corrected chi connectivity index (χ0v) is 12.3. The van der Waals surface area contributed by atoms with Crippen LogP contribution in [0, 0.1) is 5.82 Å². The van der Waals surface area contributed by atoms with E-state index in [4.69, 9.17) is 0 Å². The SMILES string of the molecule is Fc1ccccc1C[NH+]1CC[NH+](Cc2ccccc2)CC1. The van der Waals surface area contributed by atoms with Crippen LogP contribution < -0.4 is 9.80 Å². The summed E-state index contributed by atoms with van der Waals surface area (Å²) in [6.45, 7) is 6.49. The Hall–Kier alpha value is -1.71. The molecule has 1 aliphatic heterocycles. The molecule has 0 spiro atoms. The molecule has 2 aromatic carbocycles. The van der Waals surface area contributed by atoms with Gasteiger partial charge in [-0.3, -0.25) is 0 Å². The molecule has 0 saturated carbocycles. The van der Waals surface area contributed by atoms with Crippen molar-refractivity contribution in [1.29, 1.82) is 0 Å². The fourth-order valence-corrected chi connectivity index (χ4v) is 3.11. The Morgan fingerprint density at radius 1 is 0.714 bits per heavy atom. The molecule has 2 aromatic rings. The summed E-state index contributed by atoms with van der Waals surface area (Å²) in [4.78, 5) is 3.13. The van der Waals surface area contributed by atoms with Gasteiger partial charge in [-0.25, -0.2) is 4.39 Å². The smallest absolute Gasteiger partial charge is 0.132 e. The minimum Gasteiger partial charge on any atom is -0.322 e. The highest BCUT2D eigenvalue weighted by Gasteiger charge is 2.23. The van der Waals surface area contributed by atoms with Gasteiger partial charge in [0.15, 0.2) is 0 Å². The highest BCUT2D eigenvalue weighted by molar-refractivity contribution is 5.16. The Balaban J connectivity index is 1.50. The number of hydrogen-bond donors (Lipinski definition) is 2. The maximum absolute atomic E-state index is 13.7. The minimum atomic E-state index is -0.0657. The van der Waals surface area contributed by atoms with Gasteiger partial charge >= 0.3 is 0 Å². The summed E-state index contributed by atoms with van der Waals surface area (Å²) < 4.78 is 13.7. The molecular weight excluding hydrogens is 263 g/mol. The lowest BCUT2D eigenvalue weighted by Gasteiger charge is -2.29. The summed E-state index contributed by atoms with van der Waals surface area (Å²) in [5.74, 6) is -0.0657.